The summed E-state index contributed by atoms with van der Waals surface area (Å²) >= 11 is 5.71. The summed E-state index contributed by atoms with van der Waals surface area (Å²) in [5, 5.41) is 8.98. The van der Waals surface area contributed by atoms with E-state index in [2.05, 4.69) is 0 Å². The fourth-order valence-electron chi connectivity index (χ4n) is 0.914. The average molecular weight is 345 g/mol. The van der Waals surface area contributed by atoms with Crippen molar-refractivity contribution in [2.45, 2.75) is 6.92 Å². The van der Waals surface area contributed by atoms with Crippen molar-refractivity contribution in [3.8, 4) is 5.75 Å². The predicted octanol–water partition coefficient (Wildman–Crippen LogP) is 2.53. The van der Waals surface area contributed by atoms with Crippen LogP contribution in [0.25, 0.3) is 0 Å². The van der Waals surface area contributed by atoms with Gasteiger partial charge in [0.05, 0.1) is 0 Å². The number of carboxylic acids is 1. The van der Waals surface area contributed by atoms with E-state index in [0.717, 1.165) is 5.56 Å². The molecule has 0 fully saturated rings. The Morgan fingerprint density at radius 1 is 1.53 bits per heavy atom. The first kappa shape index (κ1) is 17.2. The van der Waals surface area contributed by atoms with Crippen LogP contribution in [0.1, 0.15) is 5.56 Å². The molecule has 0 heterocycles. The standard InChI is InChI=1S/C9H9ClO3.Ag.ClH/c1-6-4-7(10)2-3-8(6)13-5-9(11)12;;/h2-4H,5H2,1H3,(H,11,12);;1H. The van der Waals surface area contributed by atoms with Crippen molar-refractivity contribution in [1.82, 2.24) is 0 Å². The number of carbonyl (C=O) groups is 1. The smallest absolute Gasteiger partial charge is 0.341 e. The molecule has 6 heteroatoms. The predicted molar refractivity (Wildman–Crippen MR) is 56.6 cm³/mol. The molecule has 0 bridgehead atoms. The van der Waals surface area contributed by atoms with E-state index in [1.807, 2.05) is 6.92 Å². The Bertz CT molecular complexity index is 331. The number of aryl methyl sites for hydroxylation is 1. The van der Waals surface area contributed by atoms with E-state index in [-0.39, 0.29) is 41.4 Å². The van der Waals surface area contributed by atoms with Crippen LogP contribution in [0.15, 0.2) is 18.2 Å². The Morgan fingerprint density at radius 3 is 2.60 bits per heavy atom. The molecule has 3 nitrogen and oxygen atoms in total. The van der Waals surface area contributed by atoms with Gasteiger partial charge < -0.3 is 9.84 Å². The summed E-state index contributed by atoms with van der Waals surface area (Å²) in [6.45, 7) is 1.48. The van der Waals surface area contributed by atoms with Gasteiger partial charge in [-0.1, -0.05) is 11.6 Å². The monoisotopic (exact) mass is 343 g/mol. The molecule has 0 aliphatic rings. The zero-order chi connectivity index (χ0) is 9.84. The van der Waals surface area contributed by atoms with Crippen LogP contribution in [0.3, 0.4) is 0 Å². The van der Waals surface area contributed by atoms with Gasteiger partial charge in [-0.05, 0) is 30.7 Å². The molecule has 0 amide bonds. The Kier molecular flexibility index (Phi) is 9.20. The van der Waals surface area contributed by atoms with E-state index in [1.165, 1.54) is 0 Å². The third kappa shape index (κ3) is 6.07. The Balaban J connectivity index is 0. The molecule has 1 radical (unpaired) electrons. The van der Waals surface area contributed by atoms with Crippen LogP contribution in [0.5, 0.6) is 5.75 Å². The number of rotatable bonds is 3. The first-order valence-electron chi connectivity index (χ1n) is 3.70. The van der Waals surface area contributed by atoms with Crippen molar-refractivity contribution >= 4 is 30.0 Å². The maximum Gasteiger partial charge on any atom is 0.341 e. The number of aliphatic carboxylic acids is 1. The third-order valence-electron chi connectivity index (χ3n) is 1.49. The largest absolute Gasteiger partial charge is 0.482 e. The second-order valence-electron chi connectivity index (χ2n) is 2.59. The zero-order valence-electron chi connectivity index (χ0n) is 7.79. The molecular formula is C9H10AgCl2O3. The van der Waals surface area contributed by atoms with Crippen LogP contribution in [-0.2, 0) is 27.2 Å². The molecule has 1 aromatic rings. The molecule has 0 aliphatic heterocycles. The fourth-order valence-corrected chi connectivity index (χ4v) is 1.14. The third-order valence-corrected chi connectivity index (χ3v) is 1.72. The summed E-state index contributed by atoms with van der Waals surface area (Å²) in [6.07, 6.45) is 0. The first-order valence-corrected chi connectivity index (χ1v) is 4.08. The van der Waals surface area contributed by atoms with Gasteiger partial charge in [0.1, 0.15) is 5.75 Å². The molecule has 15 heavy (non-hydrogen) atoms. The minimum Gasteiger partial charge on any atom is -0.482 e. The van der Waals surface area contributed by atoms with Crippen LogP contribution < -0.4 is 4.74 Å². The molecule has 0 saturated carbocycles. The van der Waals surface area contributed by atoms with Crippen LogP contribution in [0.4, 0.5) is 0 Å². The minimum atomic E-state index is -0.991. The Morgan fingerprint density at radius 2 is 2.13 bits per heavy atom. The molecule has 1 rings (SSSR count). The summed E-state index contributed by atoms with van der Waals surface area (Å²) in [7, 11) is 0. The van der Waals surface area contributed by atoms with Crippen molar-refractivity contribution in [1.29, 1.82) is 0 Å². The van der Waals surface area contributed by atoms with Crippen molar-refractivity contribution < 1.29 is 37.0 Å². The molecule has 0 aliphatic carbocycles. The van der Waals surface area contributed by atoms with Crippen LogP contribution in [0.2, 0.25) is 5.02 Å². The van der Waals surface area contributed by atoms with Crippen LogP contribution >= 0.6 is 24.0 Å². The number of hydrogen-bond donors (Lipinski definition) is 1. The van der Waals surface area contributed by atoms with Crippen molar-refractivity contribution in [3.63, 3.8) is 0 Å². The van der Waals surface area contributed by atoms with Crippen molar-refractivity contribution in [2.75, 3.05) is 6.61 Å². The molecule has 0 atom stereocenters. The number of hydrogen-bond acceptors (Lipinski definition) is 2. The van der Waals surface area contributed by atoms with E-state index in [1.54, 1.807) is 18.2 Å². The normalized spacial score (nSPS) is 8.40. The van der Waals surface area contributed by atoms with Crippen molar-refractivity contribution in [3.05, 3.63) is 28.8 Å². The van der Waals surface area contributed by atoms with Gasteiger partial charge in [-0.15, -0.1) is 12.4 Å². The number of benzene rings is 1. The van der Waals surface area contributed by atoms with Gasteiger partial charge in [0.2, 0.25) is 0 Å². The summed E-state index contributed by atoms with van der Waals surface area (Å²) in [6, 6.07) is 5.03. The maximum absolute atomic E-state index is 10.2. The molecule has 0 saturated heterocycles. The summed E-state index contributed by atoms with van der Waals surface area (Å²) < 4.78 is 5.00. The molecular weight excluding hydrogens is 335 g/mol. The minimum absolute atomic E-state index is 0. The van der Waals surface area contributed by atoms with Gasteiger partial charge in [-0.2, -0.15) is 0 Å². The van der Waals surface area contributed by atoms with Gasteiger partial charge in [0.15, 0.2) is 6.61 Å². The fraction of sp³-hybridized carbons (Fsp3) is 0.222. The molecule has 89 valence electrons. The van der Waals surface area contributed by atoms with Gasteiger partial charge >= 0.3 is 5.97 Å². The Labute approximate surface area is 115 Å². The number of halogens is 2. The van der Waals surface area contributed by atoms with E-state index < -0.39 is 5.97 Å². The SMILES string of the molecule is Cc1cc(Cl)ccc1OCC(=O)O.Cl.[Ag]. The van der Waals surface area contributed by atoms with Crippen molar-refractivity contribution in [2.24, 2.45) is 0 Å². The molecule has 1 aromatic carbocycles. The van der Waals surface area contributed by atoms with E-state index >= 15 is 0 Å². The van der Waals surface area contributed by atoms with E-state index in [0.29, 0.717) is 10.8 Å². The first-order chi connectivity index (χ1) is 6.09. The molecule has 1 N–H and O–H groups in total. The molecule has 0 unspecified atom stereocenters. The Hall–Kier alpha value is -0.190. The van der Waals surface area contributed by atoms with Crippen LogP contribution in [0, 0.1) is 6.92 Å². The zero-order valence-corrected chi connectivity index (χ0v) is 10.8. The quantitative estimate of drug-likeness (QED) is 0.857. The number of ether oxygens (including phenoxy) is 1. The topological polar surface area (TPSA) is 46.5 Å². The van der Waals surface area contributed by atoms with Gasteiger partial charge in [-0.25, -0.2) is 4.79 Å². The summed E-state index contributed by atoms with van der Waals surface area (Å²) in [5.41, 5.74) is 0.828. The van der Waals surface area contributed by atoms with Gasteiger partial charge in [0.25, 0.3) is 0 Å². The van der Waals surface area contributed by atoms with Gasteiger partial charge in [0, 0.05) is 27.4 Å². The summed E-state index contributed by atoms with van der Waals surface area (Å²) in [5.74, 6) is -0.443. The second kappa shape index (κ2) is 8.02. The maximum atomic E-state index is 10.2. The second-order valence-corrected chi connectivity index (χ2v) is 3.03. The number of carboxylic acid groups (broad SMARTS) is 1. The van der Waals surface area contributed by atoms with E-state index in [4.69, 9.17) is 21.4 Å². The van der Waals surface area contributed by atoms with Crippen LogP contribution in [-0.4, -0.2) is 17.7 Å². The summed E-state index contributed by atoms with van der Waals surface area (Å²) in [4.78, 5) is 10.2. The van der Waals surface area contributed by atoms with Gasteiger partial charge in [-0.3, -0.25) is 0 Å². The average Bonchev–Trinajstić information content (AvgIpc) is 2.02. The van der Waals surface area contributed by atoms with E-state index in [9.17, 15) is 4.79 Å². The molecule has 0 aromatic heterocycles. The molecule has 0 spiro atoms.